The lowest BCUT2D eigenvalue weighted by Crippen LogP contribution is -2.48. The van der Waals surface area contributed by atoms with Crippen molar-refractivity contribution in [2.24, 2.45) is 0 Å². The molecule has 0 saturated carbocycles. The second-order valence-corrected chi connectivity index (χ2v) is 7.06. The number of para-hydroxylation sites is 1. The number of fused-ring (bicyclic) bond motifs is 1. The summed E-state index contributed by atoms with van der Waals surface area (Å²) in [4.78, 5) is 31.6. The maximum atomic E-state index is 13.3. The molecule has 1 aromatic heterocycles. The highest BCUT2D eigenvalue weighted by Crippen LogP contribution is 2.17. The first-order valence-corrected chi connectivity index (χ1v) is 9.49. The number of H-pyrrole nitrogens is 1. The van der Waals surface area contributed by atoms with Gasteiger partial charge in [0.1, 0.15) is 5.82 Å². The van der Waals surface area contributed by atoms with E-state index in [-0.39, 0.29) is 17.3 Å². The van der Waals surface area contributed by atoms with Crippen LogP contribution in [0.2, 0.25) is 0 Å². The Hall–Kier alpha value is -3.15. The van der Waals surface area contributed by atoms with Gasteiger partial charge in [-0.2, -0.15) is 0 Å². The summed E-state index contributed by atoms with van der Waals surface area (Å²) < 4.78 is 13.3. The van der Waals surface area contributed by atoms with Crippen molar-refractivity contribution in [2.75, 3.05) is 31.1 Å². The Kier molecular flexibility index (Phi) is 5.10. The fourth-order valence-electron chi connectivity index (χ4n) is 3.66. The average molecular weight is 379 g/mol. The maximum Gasteiger partial charge on any atom is 0.251 e. The number of hydrogen-bond donors (Lipinski definition) is 1. The molecule has 28 heavy (non-hydrogen) atoms. The lowest BCUT2D eigenvalue weighted by Gasteiger charge is -2.36. The number of hydrogen-bond acceptors (Lipinski definition) is 3. The lowest BCUT2D eigenvalue weighted by molar-refractivity contribution is -0.131. The van der Waals surface area contributed by atoms with Crippen molar-refractivity contribution in [2.45, 2.75) is 12.8 Å². The number of aromatic nitrogens is 1. The summed E-state index contributed by atoms with van der Waals surface area (Å²) in [5, 5.41) is 0.764. The Morgan fingerprint density at radius 2 is 1.75 bits per heavy atom. The second-order valence-electron chi connectivity index (χ2n) is 7.06. The van der Waals surface area contributed by atoms with Gasteiger partial charge in [0, 0.05) is 43.9 Å². The van der Waals surface area contributed by atoms with E-state index in [2.05, 4.69) is 22.0 Å². The minimum absolute atomic E-state index is 0.0614. The van der Waals surface area contributed by atoms with Crippen LogP contribution in [-0.4, -0.2) is 42.0 Å². The van der Waals surface area contributed by atoms with Gasteiger partial charge in [0.05, 0.1) is 5.52 Å². The molecule has 0 atom stereocenters. The van der Waals surface area contributed by atoms with Crippen molar-refractivity contribution >= 4 is 22.5 Å². The molecule has 0 bridgehead atoms. The Balaban J connectivity index is 1.36. The number of halogens is 1. The third-order valence-corrected chi connectivity index (χ3v) is 5.25. The molecule has 3 aromatic rings. The summed E-state index contributed by atoms with van der Waals surface area (Å²) in [5.41, 5.74) is 1.93. The summed E-state index contributed by atoms with van der Waals surface area (Å²) in [6, 6.07) is 16.2. The average Bonchev–Trinajstić information content (AvgIpc) is 2.73. The SMILES string of the molecule is O=C(CCc1cc2ccc(F)cc2[nH]c1=O)N1CCN(c2ccccc2)CC1. The van der Waals surface area contributed by atoms with Gasteiger partial charge in [0.25, 0.3) is 5.56 Å². The number of benzene rings is 2. The highest BCUT2D eigenvalue weighted by atomic mass is 19.1. The summed E-state index contributed by atoms with van der Waals surface area (Å²) in [6.07, 6.45) is 0.668. The predicted molar refractivity (Wildman–Crippen MR) is 108 cm³/mol. The number of nitrogens with one attached hydrogen (secondary N) is 1. The van der Waals surface area contributed by atoms with Crippen LogP contribution in [0.3, 0.4) is 0 Å². The number of carbonyl (C=O) groups is 1. The molecule has 0 aliphatic carbocycles. The molecule has 2 aromatic carbocycles. The standard InChI is InChI=1S/C22H22FN3O2/c23-18-8-6-16-14-17(22(28)24-20(16)15-18)7-9-21(27)26-12-10-25(11-13-26)19-4-2-1-3-5-19/h1-6,8,14-15H,7,9-13H2,(H,24,28). The Morgan fingerprint density at radius 3 is 2.50 bits per heavy atom. The van der Waals surface area contributed by atoms with Crippen molar-refractivity contribution < 1.29 is 9.18 Å². The van der Waals surface area contributed by atoms with E-state index in [1.807, 2.05) is 23.1 Å². The topological polar surface area (TPSA) is 56.4 Å². The minimum Gasteiger partial charge on any atom is -0.368 e. The van der Waals surface area contributed by atoms with Gasteiger partial charge < -0.3 is 14.8 Å². The van der Waals surface area contributed by atoms with Crippen LogP contribution in [-0.2, 0) is 11.2 Å². The van der Waals surface area contributed by atoms with Crippen LogP contribution in [0.25, 0.3) is 10.9 Å². The number of anilines is 1. The van der Waals surface area contributed by atoms with E-state index < -0.39 is 0 Å². The molecule has 1 saturated heterocycles. The van der Waals surface area contributed by atoms with Crippen molar-refractivity contribution in [1.82, 2.24) is 9.88 Å². The zero-order valence-corrected chi connectivity index (χ0v) is 15.5. The Labute approximate surface area is 162 Å². The summed E-state index contributed by atoms with van der Waals surface area (Å²) in [7, 11) is 0. The molecule has 1 fully saturated rings. The molecule has 1 aliphatic heterocycles. The Bertz CT molecular complexity index is 1040. The van der Waals surface area contributed by atoms with Gasteiger partial charge in [0.15, 0.2) is 0 Å². The van der Waals surface area contributed by atoms with Crippen LogP contribution >= 0.6 is 0 Å². The summed E-state index contributed by atoms with van der Waals surface area (Å²) in [6.45, 7) is 2.97. The molecule has 5 nitrogen and oxygen atoms in total. The van der Waals surface area contributed by atoms with Crippen LogP contribution in [0.5, 0.6) is 0 Å². The number of rotatable bonds is 4. The first kappa shape index (κ1) is 18.2. The molecule has 144 valence electrons. The monoisotopic (exact) mass is 379 g/mol. The third-order valence-electron chi connectivity index (χ3n) is 5.25. The molecule has 0 radical (unpaired) electrons. The zero-order valence-electron chi connectivity index (χ0n) is 15.5. The van der Waals surface area contributed by atoms with Gasteiger partial charge in [-0.25, -0.2) is 4.39 Å². The van der Waals surface area contributed by atoms with E-state index in [1.54, 1.807) is 12.1 Å². The van der Waals surface area contributed by atoms with E-state index >= 15 is 0 Å². The van der Waals surface area contributed by atoms with E-state index in [0.29, 0.717) is 37.0 Å². The predicted octanol–water partition coefficient (Wildman–Crippen LogP) is 2.95. The van der Waals surface area contributed by atoms with E-state index in [1.165, 1.54) is 17.8 Å². The van der Waals surface area contributed by atoms with E-state index in [9.17, 15) is 14.0 Å². The van der Waals surface area contributed by atoms with E-state index in [0.717, 1.165) is 18.5 Å². The van der Waals surface area contributed by atoms with Crippen LogP contribution < -0.4 is 10.5 Å². The van der Waals surface area contributed by atoms with Crippen molar-refractivity contribution in [3.05, 3.63) is 76.3 Å². The van der Waals surface area contributed by atoms with Gasteiger partial charge in [-0.15, -0.1) is 0 Å². The zero-order chi connectivity index (χ0) is 19.5. The largest absolute Gasteiger partial charge is 0.368 e. The molecule has 2 heterocycles. The van der Waals surface area contributed by atoms with Crippen LogP contribution in [0, 0.1) is 5.82 Å². The molecule has 0 spiro atoms. The van der Waals surface area contributed by atoms with Gasteiger partial charge in [-0.05, 0) is 48.2 Å². The molecule has 0 unspecified atom stereocenters. The Morgan fingerprint density at radius 1 is 1.00 bits per heavy atom. The molecular formula is C22H22FN3O2. The number of carbonyl (C=O) groups excluding carboxylic acids is 1. The van der Waals surface area contributed by atoms with Crippen molar-refractivity contribution in [3.8, 4) is 0 Å². The van der Waals surface area contributed by atoms with Crippen molar-refractivity contribution in [1.29, 1.82) is 0 Å². The fourth-order valence-corrected chi connectivity index (χ4v) is 3.66. The summed E-state index contributed by atoms with van der Waals surface area (Å²) in [5.74, 6) is -0.327. The van der Waals surface area contributed by atoms with E-state index in [4.69, 9.17) is 0 Å². The van der Waals surface area contributed by atoms with Crippen molar-refractivity contribution in [3.63, 3.8) is 0 Å². The number of pyridine rings is 1. The quantitative estimate of drug-likeness (QED) is 0.758. The van der Waals surface area contributed by atoms with Gasteiger partial charge in [-0.1, -0.05) is 18.2 Å². The number of amides is 1. The first-order valence-electron chi connectivity index (χ1n) is 9.49. The normalized spacial score (nSPS) is 14.5. The van der Waals surface area contributed by atoms with Crippen LogP contribution in [0.4, 0.5) is 10.1 Å². The number of nitrogens with zero attached hydrogens (tertiary/aromatic N) is 2. The molecular weight excluding hydrogens is 357 g/mol. The molecule has 1 aliphatic rings. The number of aryl methyl sites for hydroxylation is 1. The van der Waals surface area contributed by atoms with Crippen LogP contribution in [0.15, 0.2) is 59.4 Å². The van der Waals surface area contributed by atoms with Gasteiger partial charge >= 0.3 is 0 Å². The molecule has 1 N–H and O–H groups in total. The first-order chi connectivity index (χ1) is 13.6. The highest BCUT2D eigenvalue weighted by molar-refractivity contribution is 5.80. The summed E-state index contributed by atoms with van der Waals surface area (Å²) >= 11 is 0. The molecule has 6 heteroatoms. The third kappa shape index (κ3) is 3.91. The maximum absolute atomic E-state index is 13.3. The lowest BCUT2D eigenvalue weighted by atomic mass is 10.1. The smallest absolute Gasteiger partial charge is 0.251 e. The van der Waals surface area contributed by atoms with Crippen LogP contribution in [0.1, 0.15) is 12.0 Å². The number of piperazine rings is 1. The van der Waals surface area contributed by atoms with Gasteiger partial charge in [-0.3, -0.25) is 9.59 Å². The minimum atomic E-state index is -0.388. The highest BCUT2D eigenvalue weighted by Gasteiger charge is 2.21. The molecule has 4 rings (SSSR count). The fraction of sp³-hybridized carbons (Fsp3) is 0.273. The van der Waals surface area contributed by atoms with Gasteiger partial charge in [0.2, 0.25) is 5.91 Å². The molecule has 1 amide bonds. The second kappa shape index (κ2) is 7.84. The number of aromatic amines is 1.